The highest BCUT2D eigenvalue weighted by Gasteiger charge is 2.06. The van der Waals surface area contributed by atoms with Gasteiger partial charge in [-0.3, -0.25) is 4.68 Å². The molecule has 0 amide bonds. The largest absolute Gasteiger partial charge is 0.304 e. The number of rotatable bonds is 4. The van der Waals surface area contributed by atoms with E-state index in [1.807, 2.05) is 31.4 Å². The number of hydrogen-bond acceptors (Lipinski definition) is 3. The first-order chi connectivity index (χ1) is 8.15. The monoisotopic (exact) mass is 250 g/mol. The molecule has 1 N–H and O–H groups in total. The standard InChI is InChI=1S/C12H15ClN4/c1-9(10-4-3-5-11(13)6-10)14-7-12-8-17(2)16-15-12/h3-6,8-9,14H,7H2,1-2H3. The topological polar surface area (TPSA) is 42.7 Å². The lowest BCUT2D eigenvalue weighted by Gasteiger charge is -2.13. The fourth-order valence-electron chi connectivity index (χ4n) is 1.63. The highest BCUT2D eigenvalue weighted by molar-refractivity contribution is 6.30. The lowest BCUT2D eigenvalue weighted by atomic mass is 10.1. The zero-order valence-electron chi connectivity index (χ0n) is 9.89. The van der Waals surface area contributed by atoms with Gasteiger partial charge in [0, 0.05) is 30.9 Å². The second kappa shape index (κ2) is 5.29. The summed E-state index contributed by atoms with van der Waals surface area (Å²) in [7, 11) is 1.86. The van der Waals surface area contributed by atoms with Crippen molar-refractivity contribution in [2.24, 2.45) is 7.05 Å². The highest BCUT2D eigenvalue weighted by Crippen LogP contribution is 2.17. The third-order valence-corrected chi connectivity index (χ3v) is 2.82. The predicted octanol–water partition coefficient (Wildman–Crippen LogP) is 2.32. The van der Waals surface area contributed by atoms with E-state index in [0.29, 0.717) is 6.54 Å². The van der Waals surface area contributed by atoms with E-state index in [1.165, 1.54) is 5.56 Å². The van der Waals surface area contributed by atoms with Crippen LogP contribution < -0.4 is 5.32 Å². The van der Waals surface area contributed by atoms with E-state index < -0.39 is 0 Å². The number of aromatic nitrogens is 3. The molecule has 0 fully saturated rings. The van der Waals surface area contributed by atoms with E-state index in [2.05, 4.69) is 28.6 Å². The average Bonchev–Trinajstić information content (AvgIpc) is 2.72. The van der Waals surface area contributed by atoms with Crippen LogP contribution in [-0.4, -0.2) is 15.0 Å². The average molecular weight is 251 g/mol. The second-order valence-corrected chi connectivity index (χ2v) is 4.48. The summed E-state index contributed by atoms with van der Waals surface area (Å²) in [5, 5.41) is 12.1. The molecular weight excluding hydrogens is 236 g/mol. The van der Waals surface area contributed by atoms with Crippen molar-refractivity contribution in [3.8, 4) is 0 Å². The number of halogens is 1. The molecule has 0 bridgehead atoms. The second-order valence-electron chi connectivity index (χ2n) is 4.04. The molecule has 1 aromatic heterocycles. The first-order valence-electron chi connectivity index (χ1n) is 5.49. The zero-order valence-corrected chi connectivity index (χ0v) is 10.6. The summed E-state index contributed by atoms with van der Waals surface area (Å²) in [5.41, 5.74) is 2.10. The van der Waals surface area contributed by atoms with E-state index in [0.717, 1.165) is 10.7 Å². The number of hydrogen-bond donors (Lipinski definition) is 1. The van der Waals surface area contributed by atoms with Crippen LogP contribution in [0.1, 0.15) is 24.2 Å². The van der Waals surface area contributed by atoms with Crippen molar-refractivity contribution in [2.45, 2.75) is 19.5 Å². The van der Waals surface area contributed by atoms with Crippen molar-refractivity contribution in [2.75, 3.05) is 0 Å². The Kier molecular flexibility index (Phi) is 3.76. The molecule has 2 rings (SSSR count). The van der Waals surface area contributed by atoms with Gasteiger partial charge < -0.3 is 5.32 Å². The summed E-state index contributed by atoms with van der Waals surface area (Å²) >= 11 is 5.96. The molecule has 0 aliphatic heterocycles. The molecule has 0 spiro atoms. The Labute approximate surface area is 106 Å². The van der Waals surface area contributed by atoms with Gasteiger partial charge in [-0.05, 0) is 24.6 Å². The predicted molar refractivity (Wildman–Crippen MR) is 67.7 cm³/mol. The fourth-order valence-corrected chi connectivity index (χ4v) is 1.83. The number of benzene rings is 1. The lowest BCUT2D eigenvalue weighted by molar-refractivity contribution is 0.567. The molecule has 5 heteroatoms. The molecule has 1 unspecified atom stereocenters. The Balaban J connectivity index is 1.95. The Bertz CT molecular complexity index is 495. The molecule has 4 nitrogen and oxygen atoms in total. The molecule has 0 aliphatic rings. The minimum atomic E-state index is 0.232. The van der Waals surface area contributed by atoms with Crippen molar-refractivity contribution in [3.63, 3.8) is 0 Å². The molecule has 0 aliphatic carbocycles. The molecular formula is C12H15ClN4. The van der Waals surface area contributed by atoms with E-state index in [1.54, 1.807) is 4.68 Å². The quantitative estimate of drug-likeness (QED) is 0.906. The van der Waals surface area contributed by atoms with Crippen LogP contribution in [0.15, 0.2) is 30.5 Å². The SMILES string of the molecule is CC(NCc1cn(C)nn1)c1cccc(Cl)c1. The summed E-state index contributed by atoms with van der Waals surface area (Å²) in [6.45, 7) is 2.80. The number of nitrogens with one attached hydrogen (secondary N) is 1. The van der Waals surface area contributed by atoms with Gasteiger partial charge in [0.15, 0.2) is 0 Å². The zero-order chi connectivity index (χ0) is 12.3. The van der Waals surface area contributed by atoms with Gasteiger partial charge in [-0.15, -0.1) is 5.10 Å². The van der Waals surface area contributed by atoms with Crippen LogP contribution in [0.3, 0.4) is 0 Å². The molecule has 1 heterocycles. The van der Waals surface area contributed by atoms with Crippen LogP contribution in [-0.2, 0) is 13.6 Å². The highest BCUT2D eigenvalue weighted by atomic mass is 35.5. The lowest BCUT2D eigenvalue weighted by Crippen LogP contribution is -2.18. The van der Waals surface area contributed by atoms with E-state index in [4.69, 9.17) is 11.6 Å². The maximum absolute atomic E-state index is 5.96. The van der Waals surface area contributed by atoms with Gasteiger partial charge in [-0.25, -0.2) is 0 Å². The fraction of sp³-hybridized carbons (Fsp3) is 0.333. The van der Waals surface area contributed by atoms with E-state index in [9.17, 15) is 0 Å². The van der Waals surface area contributed by atoms with Crippen LogP contribution in [0, 0.1) is 0 Å². The van der Waals surface area contributed by atoms with Crippen molar-refractivity contribution in [1.29, 1.82) is 0 Å². The Morgan fingerprint density at radius 1 is 1.47 bits per heavy atom. The van der Waals surface area contributed by atoms with Crippen molar-refractivity contribution < 1.29 is 0 Å². The van der Waals surface area contributed by atoms with Crippen molar-refractivity contribution in [3.05, 3.63) is 46.7 Å². The smallest absolute Gasteiger partial charge is 0.0964 e. The van der Waals surface area contributed by atoms with Gasteiger partial charge >= 0.3 is 0 Å². The number of nitrogens with zero attached hydrogens (tertiary/aromatic N) is 3. The Morgan fingerprint density at radius 3 is 2.94 bits per heavy atom. The minimum absolute atomic E-state index is 0.232. The van der Waals surface area contributed by atoms with Crippen molar-refractivity contribution in [1.82, 2.24) is 20.3 Å². The first kappa shape index (κ1) is 12.1. The van der Waals surface area contributed by atoms with E-state index in [-0.39, 0.29) is 6.04 Å². The molecule has 1 aromatic carbocycles. The summed E-state index contributed by atoms with van der Waals surface area (Å²) in [4.78, 5) is 0. The van der Waals surface area contributed by atoms with Crippen LogP contribution in [0.4, 0.5) is 0 Å². The maximum atomic E-state index is 5.96. The first-order valence-corrected chi connectivity index (χ1v) is 5.87. The molecule has 1 atom stereocenters. The van der Waals surface area contributed by atoms with Gasteiger partial charge in [-0.1, -0.05) is 28.9 Å². The van der Waals surface area contributed by atoms with Crippen LogP contribution in [0.5, 0.6) is 0 Å². The summed E-state index contributed by atoms with van der Waals surface area (Å²) in [6, 6.07) is 8.09. The van der Waals surface area contributed by atoms with E-state index >= 15 is 0 Å². The molecule has 17 heavy (non-hydrogen) atoms. The van der Waals surface area contributed by atoms with Crippen molar-refractivity contribution >= 4 is 11.6 Å². The maximum Gasteiger partial charge on any atom is 0.0964 e. The van der Waals surface area contributed by atoms with Crippen LogP contribution in [0.2, 0.25) is 5.02 Å². The number of aryl methyl sites for hydroxylation is 1. The van der Waals surface area contributed by atoms with Gasteiger partial charge in [0.2, 0.25) is 0 Å². The third kappa shape index (κ3) is 3.28. The summed E-state index contributed by atoms with van der Waals surface area (Å²) in [5.74, 6) is 0. The molecule has 0 radical (unpaired) electrons. The van der Waals surface area contributed by atoms with Crippen LogP contribution >= 0.6 is 11.6 Å². The van der Waals surface area contributed by atoms with Gasteiger partial charge in [-0.2, -0.15) is 0 Å². The normalized spacial score (nSPS) is 12.6. The minimum Gasteiger partial charge on any atom is -0.304 e. The van der Waals surface area contributed by atoms with Gasteiger partial charge in [0.1, 0.15) is 0 Å². The Hall–Kier alpha value is -1.39. The van der Waals surface area contributed by atoms with Gasteiger partial charge in [0.05, 0.1) is 5.69 Å². The molecule has 2 aromatic rings. The van der Waals surface area contributed by atoms with Crippen LogP contribution in [0.25, 0.3) is 0 Å². The molecule has 0 saturated heterocycles. The summed E-state index contributed by atoms with van der Waals surface area (Å²) < 4.78 is 1.70. The third-order valence-electron chi connectivity index (χ3n) is 2.59. The summed E-state index contributed by atoms with van der Waals surface area (Å²) in [6.07, 6.45) is 1.90. The molecule has 90 valence electrons. The molecule has 0 saturated carbocycles. The Morgan fingerprint density at radius 2 is 2.29 bits per heavy atom. The van der Waals surface area contributed by atoms with Gasteiger partial charge in [0.25, 0.3) is 0 Å².